The topological polar surface area (TPSA) is 9.23 Å². The van der Waals surface area contributed by atoms with E-state index in [1.54, 1.807) is 12.1 Å². The lowest BCUT2D eigenvalue weighted by Gasteiger charge is -2.26. The second kappa shape index (κ2) is 5.09. The highest BCUT2D eigenvalue weighted by atomic mass is 32.1. The number of rotatable bonds is 4. The molecule has 0 N–H and O–H groups in total. The molecule has 0 aromatic heterocycles. The van der Waals surface area contributed by atoms with E-state index in [0.29, 0.717) is 6.61 Å². The van der Waals surface area contributed by atoms with Gasteiger partial charge in [-0.05, 0) is 42.9 Å². The number of ether oxygens (including phenoxy) is 1. The third-order valence-corrected chi connectivity index (χ3v) is 4.03. The molecule has 3 heteroatoms. The molecule has 0 heterocycles. The summed E-state index contributed by atoms with van der Waals surface area (Å²) in [5.41, 5.74) is 0.234. The van der Waals surface area contributed by atoms with E-state index < -0.39 is 0 Å². The van der Waals surface area contributed by atoms with Crippen LogP contribution in [0.25, 0.3) is 0 Å². The summed E-state index contributed by atoms with van der Waals surface area (Å²) < 4.78 is 18.4. The van der Waals surface area contributed by atoms with Crippen molar-refractivity contribution in [1.82, 2.24) is 0 Å². The van der Waals surface area contributed by atoms with Gasteiger partial charge in [-0.25, -0.2) is 4.39 Å². The summed E-state index contributed by atoms with van der Waals surface area (Å²) in [4.78, 5) is 0. The molecule has 0 bridgehead atoms. The normalized spacial score (nSPS) is 18.6. The summed E-state index contributed by atoms with van der Waals surface area (Å²) in [5, 5.41) is 0. The maximum Gasteiger partial charge on any atom is 0.123 e. The van der Waals surface area contributed by atoms with E-state index in [1.807, 2.05) is 0 Å². The van der Waals surface area contributed by atoms with Gasteiger partial charge in [0.05, 0.1) is 6.61 Å². The highest BCUT2D eigenvalue weighted by molar-refractivity contribution is 7.80. The summed E-state index contributed by atoms with van der Waals surface area (Å²) in [6, 6.07) is 6.21. The van der Waals surface area contributed by atoms with Crippen LogP contribution >= 0.6 is 12.6 Å². The zero-order chi connectivity index (χ0) is 11.4. The van der Waals surface area contributed by atoms with Gasteiger partial charge < -0.3 is 4.74 Å². The van der Waals surface area contributed by atoms with Crippen molar-refractivity contribution >= 4 is 12.6 Å². The van der Waals surface area contributed by atoms with E-state index in [4.69, 9.17) is 4.74 Å². The van der Waals surface area contributed by atoms with Crippen molar-refractivity contribution in [3.05, 3.63) is 30.1 Å². The monoisotopic (exact) mass is 240 g/mol. The Balaban J connectivity index is 1.93. The molecule has 1 aromatic rings. The molecule has 1 saturated carbocycles. The Hall–Kier alpha value is -0.700. The van der Waals surface area contributed by atoms with E-state index in [-0.39, 0.29) is 11.2 Å². The first-order valence-corrected chi connectivity index (χ1v) is 6.37. The van der Waals surface area contributed by atoms with Crippen LogP contribution in [0.1, 0.15) is 25.7 Å². The fraction of sp³-hybridized carbons (Fsp3) is 0.538. The van der Waals surface area contributed by atoms with Crippen LogP contribution in [-0.2, 0) is 0 Å². The summed E-state index contributed by atoms with van der Waals surface area (Å²) in [5.74, 6) is 1.39. The van der Waals surface area contributed by atoms with E-state index in [1.165, 1.54) is 37.8 Å². The van der Waals surface area contributed by atoms with Gasteiger partial charge >= 0.3 is 0 Å². The highest BCUT2D eigenvalue weighted by Gasteiger charge is 2.33. The second-order valence-corrected chi connectivity index (χ2v) is 4.92. The minimum atomic E-state index is -0.225. The largest absolute Gasteiger partial charge is 0.493 e. The Labute approximate surface area is 101 Å². The Kier molecular flexibility index (Phi) is 3.74. The van der Waals surface area contributed by atoms with Gasteiger partial charge in [0, 0.05) is 5.41 Å². The smallest absolute Gasteiger partial charge is 0.123 e. The zero-order valence-electron chi connectivity index (χ0n) is 9.29. The maximum absolute atomic E-state index is 12.7. The maximum atomic E-state index is 12.7. The van der Waals surface area contributed by atoms with Crippen LogP contribution in [0.15, 0.2) is 24.3 Å². The predicted molar refractivity (Wildman–Crippen MR) is 66.6 cm³/mol. The first-order valence-electron chi connectivity index (χ1n) is 5.73. The summed E-state index contributed by atoms with van der Waals surface area (Å²) in [6.45, 7) is 0.697. The van der Waals surface area contributed by atoms with E-state index in [0.717, 1.165) is 11.5 Å². The Morgan fingerprint density at radius 1 is 1.19 bits per heavy atom. The van der Waals surface area contributed by atoms with Crippen molar-refractivity contribution in [2.75, 3.05) is 12.4 Å². The van der Waals surface area contributed by atoms with Crippen LogP contribution in [0, 0.1) is 11.2 Å². The molecular formula is C13H17FOS. The van der Waals surface area contributed by atoms with Crippen molar-refractivity contribution in [3.63, 3.8) is 0 Å². The van der Waals surface area contributed by atoms with Gasteiger partial charge in [-0.1, -0.05) is 12.8 Å². The highest BCUT2D eigenvalue weighted by Crippen LogP contribution is 2.39. The van der Waals surface area contributed by atoms with E-state index in [2.05, 4.69) is 12.6 Å². The van der Waals surface area contributed by atoms with Crippen LogP contribution < -0.4 is 4.74 Å². The average molecular weight is 240 g/mol. The number of hydrogen-bond acceptors (Lipinski definition) is 2. The summed E-state index contributed by atoms with van der Waals surface area (Å²) >= 11 is 4.42. The minimum absolute atomic E-state index is 0.225. The molecular weight excluding hydrogens is 223 g/mol. The van der Waals surface area contributed by atoms with E-state index in [9.17, 15) is 4.39 Å². The fourth-order valence-electron chi connectivity index (χ4n) is 2.24. The molecule has 0 atom stereocenters. The Bertz CT molecular complexity index is 330. The SMILES string of the molecule is Fc1ccc(OCC2(CS)CCCC2)cc1. The van der Waals surface area contributed by atoms with Crippen molar-refractivity contribution in [2.24, 2.45) is 5.41 Å². The first-order chi connectivity index (χ1) is 7.74. The van der Waals surface area contributed by atoms with Gasteiger partial charge in [0.2, 0.25) is 0 Å². The predicted octanol–water partition coefficient (Wildman–Crippen LogP) is 3.69. The van der Waals surface area contributed by atoms with Crippen LogP contribution in [0.5, 0.6) is 5.75 Å². The first kappa shape index (κ1) is 11.8. The van der Waals surface area contributed by atoms with Crippen LogP contribution in [-0.4, -0.2) is 12.4 Å². The number of hydrogen-bond donors (Lipinski definition) is 1. The van der Waals surface area contributed by atoms with Gasteiger partial charge in [0.25, 0.3) is 0 Å². The van der Waals surface area contributed by atoms with Gasteiger partial charge in [-0.3, -0.25) is 0 Å². The average Bonchev–Trinajstić information content (AvgIpc) is 2.78. The lowest BCUT2D eigenvalue weighted by molar-refractivity contribution is 0.173. The second-order valence-electron chi connectivity index (χ2n) is 4.61. The van der Waals surface area contributed by atoms with Gasteiger partial charge in [0.1, 0.15) is 11.6 Å². The quantitative estimate of drug-likeness (QED) is 0.790. The molecule has 1 nitrogen and oxygen atoms in total. The van der Waals surface area contributed by atoms with Crippen molar-refractivity contribution in [2.45, 2.75) is 25.7 Å². The Morgan fingerprint density at radius 3 is 2.38 bits per heavy atom. The molecule has 16 heavy (non-hydrogen) atoms. The third kappa shape index (κ3) is 2.70. The molecule has 2 rings (SSSR count). The molecule has 1 aromatic carbocycles. The van der Waals surface area contributed by atoms with E-state index >= 15 is 0 Å². The zero-order valence-corrected chi connectivity index (χ0v) is 10.2. The minimum Gasteiger partial charge on any atom is -0.493 e. The van der Waals surface area contributed by atoms with Gasteiger partial charge in [-0.15, -0.1) is 0 Å². The molecule has 0 aliphatic heterocycles. The summed E-state index contributed by atoms with van der Waals surface area (Å²) in [6.07, 6.45) is 4.93. The number of benzene rings is 1. The van der Waals surface area contributed by atoms with Crippen molar-refractivity contribution < 1.29 is 9.13 Å². The fourth-order valence-corrected chi connectivity index (χ4v) is 2.65. The molecule has 1 fully saturated rings. The molecule has 0 amide bonds. The standard InChI is InChI=1S/C13H17FOS/c14-11-3-5-12(6-4-11)15-9-13(10-16)7-1-2-8-13/h3-6,16H,1-2,7-10H2. The molecule has 88 valence electrons. The molecule has 0 unspecified atom stereocenters. The van der Waals surface area contributed by atoms with Crippen LogP contribution in [0.3, 0.4) is 0 Å². The molecule has 1 aliphatic rings. The Morgan fingerprint density at radius 2 is 1.81 bits per heavy atom. The molecule has 0 saturated heterocycles. The van der Waals surface area contributed by atoms with Crippen LogP contribution in [0.4, 0.5) is 4.39 Å². The lowest BCUT2D eigenvalue weighted by Crippen LogP contribution is -2.27. The van der Waals surface area contributed by atoms with Gasteiger partial charge in [0.15, 0.2) is 0 Å². The van der Waals surface area contributed by atoms with Crippen LogP contribution in [0.2, 0.25) is 0 Å². The number of halogens is 1. The van der Waals surface area contributed by atoms with Crippen molar-refractivity contribution in [3.8, 4) is 5.75 Å². The molecule has 0 spiro atoms. The third-order valence-electron chi connectivity index (χ3n) is 3.36. The molecule has 1 aliphatic carbocycles. The number of thiol groups is 1. The van der Waals surface area contributed by atoms with Crippen molar-refractivity contribution in [1.29, 1.82) is 0 Å². The lowest BCUT2D eigenvalue weighted by atomic mass is 9.90. The summed E-state index contributed by atoms with van der Waals surface area (Å²) in [7, 11) is 0. The molecule has 0 radical (unpaired) electrons. The van der Waals surface area contributed by atoms with Gasteiger partial charge in [-0.2, -0.15) is 12.6 Å².